The highest BCUT2D eigenvalue weighted by Gasteiger charge is 2.20. The molecular formula is C18H15ClFNO4. The first-order valence-electron chi connectivity index (χ1n) is 7.36. The van der Waals surface area contributed by atoms with Crippen LogP contribution >= 0.6 is 11.6 Å². The average Bonchev–Trinajstić information content (AvgIpc) is 2.92. The van der Waals surface area contributed by atoms with Gasteiger partial charge in [0, 0.05) is 23.1 Å². The summed E-state index contributed by atoms with van der Waals surface area (Å²) < 4.78 is 29.4. The number of aryl methyl sites for hydroxylation is 1. The Morgan fingerprint density at radius 3 is 2.56 bits per heavy atom. The largest absolute Gasteiger partial charge is 0.495 e. The maximum Gasteiger partial charge on any atom is 0.291 e. The molecule has 25 heavy (non-hydrogen) atoms. The third kappa shape index (κ3) is 3.13. The fraction of sp³-hybridized carbons (Fsp3) is 0.167. The monoisotopic (exact) mass is 363 g/mol. The summed E-state index contributed by atoms with van der Waals surface area (Å²) in [6.07, 6.45) is 0. The van der Waals surface area contributed by atoms with Crippen molar-refractivity contribution in [2.45, 2.75) is 6.92 Å². The Hall–Kier alpha value is -2.73. The molecule has 0 spiro atoms. The van der Waals surface area contributed by atoms with Gasteiger partial charge in [-0.25, -0.2) is 4.39 Å². The summed E-state index contributed by atoms with van der Waals surface area (Å²) in [5.74, 6) is -0.0269. The molecule has 0 radical (unpaired) electrons. The first-order chi connectivity index (χ1) is 11.9. The summed E-state index contributed by atoms with van der Waals surface area (Å²) in [4.78, 5) is 12.6. The molecule has 0 aliphatic heterocycles. The van der Waals surface area contributed by atoms with Gasteiger partial charge in [0.05, 0.1) is 24.9 Å². The van der Waals surface area contributed by atoms with E-state index in [2.05, 4.69) is 5.32 Å². The second kappa shape index (κ2) is 6.64. The van der Waals surface area contributed by atoms with Crippen molar-refractivity contribution in [3.05, 3.63) is 52.5 Å². The van der Waals surface area contributed by atoms with Gasteiger partial charge in [0.25, 0.3) is 5.91 Å². The second-order valence-electron chi connectivity index (χ2n) is 5.34. The van der Waals surface area contributed by atoms with Crippen LogP contribution in [0.4, 0.5) is 10.1 Å². The summed E-state index contributed by atoms with van der Waals surface area (Å²) in [5.41, 5.74) is 1.36. The Labute approximate surface area is 148 Å². The number of fused-ring (bicyclic) bond motifs is 1. The summed E-state index contributed by atoms with van der Waals surface area (Å²) >= 11 is 6.06. The molecule has 0 aliphatic rings. The zero-order chi connectivity index (χ0) is 18.1. The van der Waals surface area contributed by atoms with Crippen molar-refractivity contribution in [3.8, 4) is 11.5 Å². The van der Waals surface area contributed by atoms with Crippen LogP contribution in [0.1, 0.15) is 16.1 Å². The maximum atomic E-state index is 13.4. The number of carbonyl (C=O) groups excluding carboxylic acids is 1. The van der Waals surface area contributed by atoms with Crippen molar-refractivity contribution in [1.29, 1.82) is 0 Å². The highest BCUT2D eigenvalue weighted by molar-refractivity contribution is 6.32. The molecule has 0 saturated carbocycles. The van der Waals surface area contributed by atoms with Crippen molar-refractivity contribution >= 4 is 34.2 Å². The Morgan fingerprint density at radius 2 is 1.88 bits per heavy atom. The van der Waals surface area contributed by atoms with Crippen molar-refractivity contribution in [2.24, 2.45) is 0 Å². The number of amides is 1. The lowest BCUT2D eigenvalue weighted by Crippen LogP contribution is -2.13. The SMILES string of the molecule is COc1cc(NC(=O)c2oc3ccc(F)cc3c2C)c(OC)cc1Cl. The molecule has 3 rings (SSSR count). The summed E-state index contributed by atoms with van der Waals surface area (Å²) in [6, 6.07) is 7.19. The van der Waals surface area contributed by atoms with Crippen LogP contribution in [0.25, 0.3) is 11.0 Å². The average molecular weight is 364 g/mol. The van der Waals surface area contributed by atoms with Crippen LogP contribution in [0.5, 0.6) is 11.5 Å². The Kier molecular flexibility index (Phi) is 4.55. The number of hydrogen-bond donors (Lipinski definition) is 1. The molecule has 0 fully saturated rings. The van der Waals surface area contributed by atoms with E-state index in [0.29, 0.717) is 38.7 Å². The van der Waals surface area contributed by atoms with Crippen LogP contribution in [0, 0.1) is 12.7 Å². The molecule has 5 nitrogen and oxygen atoms in total. The Balaban J connectivity index is 1.99. The van der Waals surface area contributed by atoms with Gasteiger partial charge in [-0.05, 0) is 25.1 Å². The number of ether oxygens (including phenoxy) is 2. The molecule has 0 saturated heterocycles. The number of benzene rings is 2. The molecule has 0 unspecified atom stereocenters. The van der Waals surface area contributed by atoms with Crippen LogP contribution in [-0.4, -0.2) is 20.1 Å². The van der Waals surface area contributed by atoms with Gasteiger partial charge < -0.3 is 19.2 Å². The van der Waals surface area contributed by atoms with Gasteiger partial charge in [-0.2, -0.15) is 0 Å². The predicted octanol–water partition coefficient (Wildman–Crippen LogP) is 4.80. The van der Waals surface area contributed by atoms with Gasteiger partial charge in [-0.1, -0.05) is 11.6 Å². The lowest BCUT2D eigenvalue weighted by Gasteiger charge is -2.12. The summed E-state index contributed by atoms with van der Waals surface area (Å²) in [5, 5.41) is 3.61. The maximum absolute atomic E-state index is 13.4. The first-order valence-corrected chi connectivity index (χ1v) is 7.74. The normalized spacial score (nSPS) is 10.8. The zero-order valence-electron chi connectivity index (χ0n) is 13.8. The second-order valence-corrected chi connectivity index (χ2v) is 5.75. The fourth-order valence-electron chi connectivity index (χ4n) is 2.55. The standard InChI is InChI=1S/C18H15ClFNO4/c1-9-11-6-10(20)4-5-14(11)25-17(9)18(22)21-13-8-15(23-2)12(19)7-16(13)24-3/h4-8H,1-3H3,(H,21,22). The van der Waals surface area contributed by atoms with E-state index in [9.17, 15) is 9.18 Å². The van der Waals surface area contributed by atoms with Gasteiger partial charge in [-0.15, -0.1) is 0 Å². The number of carbonyl (C=O) groups is 1. The number of hydrogen-bond acceptors (Lipinski definition) is 4. The van der Waals surface area contributed by atoms with E-state index in [4.69, 9.17) is 25.5 Å². The van der Waals surface area contributed by atoms with Crippen LogP contribution in [0.2, 0.25) is 5.02 Å². The smallest absolute Gasteiger partial charge is 0.291 e. The third-order valence-electron chi connectivity index (χ3n) is 3.83. The molecule has 0 aliphatic carbocycles. The molecule has 7 heteroatoms. The van der Waals surface area contributed by atoms with E-state index in [-0.39, 0.29) is 5.76 Å². The minimum absolute atomic E-state index is 0.0940. The number of furan rings is 1. The summed E-state index contributed by atoms with van der Waals surface area (Å²) in [7, 11) is 2.93. The van der Waals surface area contributed by atoms with Crippen LogP contribution < -0.4 is 14.8 Å². The quantitative estimate of drug-likeness (QED) is 0.723. The molecule has 2 aromatic carbocycles. The van der Waals surface area contributed by atoms with Crippen LogP contribution in [0.3, 0.4) is 0 Å². The molecule has 1 heterocycles. The number of halogens is 2. The van der Waals surface area contributed by atoms with Gasteiger partial charge in [0.2, 0.25) is 0 Å². The molecule has 0 atom stereocenters. The number of rotatable bonds is 4. The van der Waals surface area contributed by atoms with E-state index >= 15 is 0 Å². The number of anilines is 1. The van der Waals surface area contributed by atoms with Crippen molar-refractivity contribution in [2.75, 3.05) is 19.5 Å². The first kappa shape index (κ1) is 17.1. The highest BCUT2D eigenvalue weighted by Crippen LogP contribution is 2.36. The molecule has 130 valence electrons. The zero-order valence-corrected chi connectivity index (χ0v) is 14.5. The molecule has 1 N–H and O–H groups in total. The predicted molar refractivity (Wildman–Crippen MR) is 93.4 cm³/mol. The minimum Gasteiger partial charge on any atom is -0.495 e. The van der Waals surface area contributed by atoms with E-state index < -0.39 is 11.7 Å². The lowest BCUT2D eigenvalue weighted by atomic mass is 10.1. The van der Waals surface area contributed by atoms with Crippen molar-refractivity contribution in [3.63, 3.8) is 0 Å². The molecule has 1 amide bonds. The van der Waals surface area contributed by atoms with Gasteiger partial charge >= 0.3 is 0 Å². The number of methoxy groups -OCH3 is 2. The third-order valence-corrected chi connectivity index (χ3v) is 4.12. The van der Waals surface area contributed by atoms with Gasteiger partial charge in [0.15, 0.2) is 5.76 Å². The lowest BCUT2D eigenvalue weighted by molar-refractivity contribution is 0.0997. The molecular weight excluding hydrogens is 349 g/mol. The Morgan fingerprint density at radius 1 is 1.16 bits per heavy atom. The fourth-order valence-corrected chi connectivity index (χ4v) is 2.78. The van der Waals surface area contributed by atoms with E-state index in [1.807, 2.05) is 0 Å². The molecule has 1 aromatic heterocycles. The van der Waals surface area contributed by atoms with Crippen molar-refractivity contribution < 1.29 is 23.1 Å². The molecule has 0 bridgehead atoms. The van der Waals surface area contributed by atoms with Gasteiger partial charge in [0.1, 0.15) is 22.9 Å². The topological polar surface area (TPSA) is 60.7 Å². The van der Waals surface area contributed by atoms with Crippen molar-refractivity contribution in [1.82, 2.24) is 0 Å². The molecule has 3 aromatic rings. The minimum atomic E-state index is -0.489. The highest BCUT2D eigenvalue weighted by atomic mass is 35.5. The van der Waals surface area contributed by atoms with Crippen LogP contribution in [-0.2, 0) is 0 Å². The van der Waals surface area contributed by atoms with E-state index in [0.717, 1.165) is 0 Å². The summed E-state index contributed by atoms with van der Waals surface area (Å²) in [6.45, 7) is 1.69. The number of nitrogens with one attached hydrogen (secondary N) is 1. The van der Waals surface area contributed by atoms with E-state index in [1.54, 1.807) is 13.0 Å². The van der Waals surface area contributed by atoms with Crippen LogP contribution in [0.15, 0.2) is 34.7 Å². The Bertz CT molecular complexity index is 967. The van der Waals surface area contributed by atoms with Gasteiger partial charge in [-0.3, -0.25) is 4.79 Å². The van der Waals surface area contributed by atoms with E-state index in [1.165, 1.54) is 38.5 Å².